The van der Waals surface area contributed by atoms with Crippen molar-refractivity contribution in [1.29, 1.82) is 0 Å². The number of sulfonamides is 1. The first-order valence-electron chi connectivity index (χ1n) is 15.6. The molecular weight excluding hydrogens is 548 g/mol. The minimum absolute atomic E-state index is 0.0109. The quantitative estimate of drug-likeness (QED) is 0.380. The van der Waals surface area contributed by atoms with Gasteiger partial charge in [0.2, 0.25) is 5.91 Å². The highest BCUT2D eigenvalue weighted by atomic mass is 32.2. The summed E-state index contributed by atoms with van der Waals surface area (Å²) in [4.78, 5) is 12.5. The Bertz CT molecular complexity index is 1230. The minimum Gasteiger partial charge on any atom is -0.393 e. The monoisotopic (exact) mass is 595 g/mol. The molecule has 0 bridgehead atoms. The summed E-state index contributed by atoms with van der Waals surface area (Å²) in [5.74, 6) is -0.443. The van der Waals surface area contributed by atoms with Gasteiger partial charge in [-0.2, -0.15) is 0 Å². The Labute approximate surface area is 243 Å². The summed E-state index contributed by atoms with van der Waals surface area (Å²) in [6, 6.07) is 4.37. The van der Waals surface area contributed by atoms with Crippen LogP contribution in [0.25, 0.3) is 0 Å². The minimum atomic E-state index is -4.06. The first kappa shape index (κ1) is 30.9. The normalized spacial score (nSPS) is 43.0. The summed E-state index contributed by atoms with van der Waals surface area (Å²) in [5.41, 5.74) is -0.245. The summed E-state index contributed by atoms with van der Waals surface area (Å²) in [7, 11) is -4.06. The van der Waals surface area contributed by atoms with Gasteiger partial charge in [-0.15, -0.1) is 0 Å². The van der Waals surface area contributed by atoms with Crippen LogP contribution in [-0.4, -0.2) is 42.9 Å². The summed E-state index contributed by atoms with van der Waals surface area (Å²) in [6.07, 6.45) is 3.67. The van der Waals surface area contributed by atoms with E-state index in [1.54, 1.807) is 0 Å². The second-order valence-corrected chi connectivity index (χ2v) is 15.8. The number of fused-ring (bicyclic) bond motifs is 5. The van der Waals surface area contributed by atoms with Gasteiger partial charge in [-0.3, -0.25) is 4.79 Å². The predicted octanol–water partition coefficient (Wildman–Crippen LogP) is 5.62. The lowest BCUT2D eigenvalue weighted by molar-refractivity contribution is -0.222. The number of alkyl halides is 1. The number of benzene rings is 1. The molecule has 9 heteroatoms. The fourth-order valence-electron chi connectivity index (χ4n) is 10.4. The molecule has 4 aliphatic rings. The molecule has 0 aromatic heterocycles. The highest BCUT2D eigenvalue weighted by Gasteiger charge is 2.66. The SMILES string of the molecule is CC[C@H]1[C@@H](O)[C@@H]2[C@H](CC[C@]3(C)[C@@H]([C@H](C)CCC(=O)NS(=O)(=O)c4ccc(F)cc4)CC[C@@H]23)[C@@]2(C)CC[C@@H](O)[C@H](F)[C@@H]12. The van der Waals surface area contributed by atoms with Gasteiger partial charge >= 0.3 is 0 Å². The Morgan fingerprint density at radius 3 is 2.34 bits per heavy atom. The van der Waals surface area contributed by atoms with E-state index >= 15 is 4.39 Å². The molecule has 1 amide bonds. The van der Waals surface area contributed by atoms with Gasteiger partial charge in [0.1, 0.15) is 12.0 Å². The van der Waals surface area contributed by atoms with Gasteiger partial charge in [0, 0.05) is 12.3 Å². The maximum Gasteiger partial charge on any atom is 0.264 e. The fourth-order valence-corrected chi connectivity index (χ4v) is 11.4. The van der Waals surface area contributed by atoms with Crippen molar-refractivity contribution in [2.24, 2.45) is 52.3 Å². The zero-order chi connectivity index (χ0) is 29.9. The van der Waals surface area contributed by atoms with Crippen molar-refractivity contribution in [1.82, 2.24) is 4.72 Å². The molecule has 4 saturated carbocycles. The molecule has 12 atom stereocenters. The van der Waals surface area contributed by atoms with E-state index in [-0.39, 0.29) is 51.7 Å². The zero-order valence-corrected chi connectivity index (χ0v) is 25.5. The zero-order valence-electron chi connectivity index (χ0n) is 24.7. The van der Waals surface area contributed by atoms with Crippen LogP contribution >= 0.6 is 0 Å². The van der Waals surface area contributed by atoms with Crippen molar-refractivity contribution in [3.63, 3.8) is 0 Å². The maximum absolute atomic E-state index is 15.6. The lowest BCUT2D eigenvalue weighted by atomic mass is 9.41. The molecular formula is C32H47F2NO5S. The molecule has 0 heterocycles. The van der Waals surface area contributed by atoms with Crippen molar-refractivity contribution in [2.75, 3.05) is 0 Å². The van der Waals surface area contributed by atoms with Crippen molar-refractivity contribution < 1.29 is 32.2 Å². The van der Waals surface area contributed by atoms with Crippen LogP contribution in [-0.2, 0) is 14.8 Å². The van der Waals surface area contributed by atoms with Crippen molar-refractivity contribution in [2.45, 2.75) is 109 Å². The molecule has 1 aromatic rings. The largest absolute Gasteiger partial charge is 0.393 e. The third-order valence-corrected chi connectivity index (χ3v) is 13.7. The molecule has 0 saturated heterocycles. The van der Waals surface area contributed by atoms with Crippen LogP contribution in [0.3, 0.4) is 0 Å². The van der Waals surface area contributed by atoms with E-state index in [0.29, 0.717) is 31.1 Å². The molecule has 0 radical (unpaired) electrons. The van der Waals surface area contributed by atoms with Crippen molar-refractivity contribution in [3.05, 3.63) is 30.1 Å². The lowest BCUT2D eigenvalue weighted by Crippen LogP contribution is -2.65. The number of carbonyl (C=O) groups excluding carboxylic acids is 1. The number of aliphatic hydroxyl groups is 2. The van der Waals surface area contributed by atoms with E-state index < -0.39 is 40.1 Å². The molecule has 41 heavy (non-hydrogen) atoms. The van der Waals surface area contributed by atoms with E-state index in [1.165, 1.54) is 0 Å². The number of amides is 1. The maximum atomic E-state index is 15.6. The number of rotatable bonds is 7. The molecule has 4 fully saturated rings. The molecule has 0 spiro atoms. The number of nitrogens with one attached hydrogen (secondary N) is 1. The summed E-state index contributed by atoms with van der Waals surface area (Å²) < 4.78 is 56.0. The summed E-state index contributed by atoms with van der Waals surface area (Å²) >= 11 is 0. The Morgan fingerprint density at radius 2 is 1.68 bits per heavy atom. The average molecular weight is 596 g/mol. The van der Waals surface area contributed by atoms with E-state index in [9.17, 15) is 27.8 Å². The van der Waals surface area contributed by atoms with E-state index in [0.717, 1.165) is 56.4 Å². The Balaban J connectivity index is 1.28. The van der Waals surface area contributed by atoms with Crippen LogP contribution < -0.4 is 4.72 Å². The molecule has 1 aromatic carbocycles. The van der Waals surface area contributed by atoms with E-state index in [1.807, 2.05) is 6.92 Å². The van der Waals surface area contributed by atoms with Crippen LogP contribution in [0.4, 0.5) is 8.78 Å². The Morgan fingerprint density at radius 1 is 1.05 bits per heavy atom. The second-order valence-electron chi connectivity index (χ2n) is 14.2. The van der Waals surface area contributed by atoms with Gasteiger partial charge in [0.05, 0.1) is 17.1 Å². The van der Waals surface area contributed by atoms with Crippen LogP contribution in [0.5, 0.6) is 0 Å². The highest BCUT2D eigenvalue weighted by molar-refractivity contribution is 7.90. The molecule has 230 valence electrons. The smallest absolute Gasteiger partial charge is 0.264 e. The molecule has 3 N–H and O–H groups in total. The van der Waals surface area contributed by atoms with Gasteiger partial charge < -0.3 is 10.2 Å². The fraction of sp³-hybridized carbons (Fsp3) is 0.781. The average Bonchev–Trinajstić information content (AvgIpc) is 3.28. The third kappa shape index (κ3) is 5.16. The Hall–Kier alpha value is -1.58. The predicted molar refractivity (Wildman–Crippen MR) is 152 cm³/mol. The lowest BCUT2D eigenvalue weighted by Gasteiger charge is -2.65. The van der Waals surface area contributed by atoms with Gasteiger partial charge in [-0.25, -0.2) is 21.9 Å². The first-order valence-corrected chi connectivity index (χ1v) is 17.0. The van der Waals surface area contributed by atoms with Gasteiger partial charge in [0.15, 0.2) is 0 Å². The summed E-state index contributed by atoms with van der Waals surface area (Å²) in [6.45, 7) is 8.74. The van der Waals surface area contributed by atoms with Gasteiger partial charge in [-0.05, 0) is 116 Å². The molecule has 5 rings (SSSR count). The van der Waals surface area contributed by atoms with Crippen LogP contribution in [0.1, 0.15) is 85.5 Å². The molecule has 6 nitrogen and oxygen atoms in total. The molecule has 4 aliphatic carbocycles. The van der Waals surface area contributed by atoms with Crippen molar-refractivity contribution >= 4 is 15.9 Å². The third-order valence-electron chi connectivity index (χ3n) is 12.4. The highest BCUT2D eigenvalue weighted by Crippen LogP contribution is 2.69. The topological polar surface area (TPSA) is 104 Å². The van der Waals surface area contributed by atoms with Crippen molar-refractivity contribution in [3.8, 4) is 0 Å². The van der Waals surface area contributed by atoms with Crippen LogP contribution in [0.15, 0.2) is 29.2 Å². The first-order chi connectivity index (χ1) is 19.2. The molecule has 0 unspecified atom stereocenters. The second kappa shape index (κ2) is 11.2. The van der Waals surface area contributed by atoms with E-state index in [4.69, 9.17) is 0 Å². The number of halogens is 2. The summed E-state index contributed by atoms with van der Waals surface area (Å²) in [5, 5.41) is 22.2. The van der Waals surface area contributed by atoms with E-state index in [2.05, 4.69) is 25.5 Å². The Kier molecular flexibility index (Phi) is 8.40. The number of hydrogen-bond acceptors (Lipinski definition) is 5. The standard InChI is InChI=1S/C32H47F2NO5S/c1-5-21-28-29(34)25(36)15-17-32(28,4)24-14-16-31(3)22(11-12-23(31)27(24)30(21)38)18(2)6-13-26(37)35-41(39,40)20-9-7-19(33)8-10-20/h7-10,18,21-25,27-30,36,38H,5-6,11-17H2,1-4H3,(H,35,37)/t18-,21-,22-,23+,24+,25-,27+,28-,29+,30-,31-,32-/m1/s1. The van der Waals surface area contributed by atoms with Gasteiger partial charge in [0.25, 0.3) is 10.0 Å². The number of aliphatic hydroxyl groups excluding tert-OH is 2. The molecule has 0 aliphatic heterocycles. The van der Waals surface area contributed by atoms with Crippen LogP contribution in [0.2, 0.25) is 0 Å². The number of carbonyl (C=O) groups is 1. The number of hydrogen-bond donors (Lipinski definition) is 3. The van der Waals surface area contributed by atoms with Gasteiger partial charge in [-0.1, -0.05) is 34.1 Å². The van der Waals surface area contributed by atoms with Crippen LogP contribution in [0, 0.1) is 58.1 Å².